The fourth-order valence-electron chi connectivity index (χ4n) is 10.3. The fourth-order valence-corrected chi connectivity index (χ4v) is 10.3. The molecule has 3 aliphatic rings. The second-order valence-electron chi connectivity index (χ2n) is 21.7. The van der Waals surface area contributed by atoms with Crippen LogP contribution in [-0.2, 0) is 28.8 Å². The molecule has 6 rings (SSSR count). The Labute approximate surface area is 504 Å². The predicted molar refractivity (Wildman–Crippen MR) is 322 cm³/mol. The monoisotopic (exact) mass is 1220 g/mol. The van der Waals surface area contributed by atoms with Crippen LogP contribution in [0.3, 0.4) is 0 Å². The van der Waals surface area contributed by atoms with Crippen molar-refractivity contribution in [3.8, 4) is 5.75 Å². The highest BCUT2D eigenvalue weighted by Gasteiger charge is 2.46. The first-order chi connectivity index (χ1) is 41.8. The molecule has 3 saturated heterocycles. The topological polar surface area (TPSA) is 331 Å². The number of alkyl halides is 2. The number of likely N-dealkylation sites (tertiary alicyclic amines) is 2. The zero-order chi connectivity index (χ0) is 62.6. The van der Waals surface area contributed by atoms with Gasteiger partial charge in [0.25, 0.3) is 11.8 Å². The van der Waals surface area contributed by atoms with Gasteiger partial charge in [0.05, 0.1) is 75.3 Å². The highest BCUT2D eigenvalue weighted by Crippen LogP contribution is 2.31. The molecule has 0 radical (unpaired) electrons. The van der Waals surface area contributed by atoms with Crippen molar-refractivity contribution >= 4 is 77.3 Å². The largest absolute Gasteiger partial charge is 0.494 e. The van der Waals surface area contributed by atoms with Crippen molar-refractivity contribution < 1.29 is 62.4 Å². The number of fused-ring (bicyclic) bond motifs is 1. The van der Waals surface area contributed by atoms with E-state index in [1.54, 1.807) is 45.3 Å². The van der Waals surface area contributed by atoms with E-state index in [0.29, 0.717) is 42.3 Å². The van der Waals surface area contributed by atoms with Gasteiger partial charge in [-0.15, -0.1) is 0 Å². The van der Waals surface area contributed by atoms with Crippen LogP contribution in [0.5, 0.6) is 5.75 Å². The Bertz CT molecular complexity index is 2840. The molecule has 27 nitrogen and oxygen atoms in total. The number of amides is 4. The van der Waals surface area contributed by atoms with Crippen LogP contribution >= 0.6 is 0 Å². The molecule has 0 saturated carbocycles. The van der Waals surface area contributed by atoms with Crippen molar-refractivity contribution in [2.24, 2.45) is 26.2 Å². The third-order valence-corrected chi connectivity index (χ3v) is 14.9. The maximum absolute atomic E-state index is 14.1. The average molecular weight is 1220 g/mol. The highest BCUT2D eigenvalue weighted by molar-refractivity contribution is 6.07. The van der Waals surface area contributed by atoms with Gasteiger partial charge < -0.3 is 45.9 Å². The third kappa shape index (κ3) is 24.6. The molecular weight excluding hydrogens is 1130 g/mol. The van der Waals surface area contributed by atoms with Crippen molar-refractivity contribution in [1.82, 2.24) is 61.3 Å². The number of nitrogens with one attached hydrogen (secondary N) is 5. The van der Waals surface area contributed by atoms with Gasteiger partial charge in [-0.1, -0.05) is 29.8 Å². The number of carboxylic acids is 3. The average Bonchev–Trinajstić information content (AvgIpc) is 2.28. The SMILES string of the molecule is C/N=C/[C@H]1CC(F)(F)CN1C(=O)CNC(=O)c1ccnc2ccc(OCCCC3CCN(C(=O)CCN/N=C\[C@H](C/C=N/NCN/N=C/c4ccc(C)cc4)NC(=O)CN4CCN(CC(=O)O)CCN(CC(=O)O)CCN(CC(=O)O)CC4)CC3)cc12. The summed E-state index contributed by atoms with van der Waals surface area (Å²) in [6.45, 7) is 3.80. The lowest BCUT2D eigenvalue weighted by Crippen LogP contribution is -2.50. The van der Waals surface area contributed by atoms with Crippen molar-refractivity contribution in [1.29, 1.82) is 0 Å². The third-order valence-electron chi connectivity index (χ3n) is 14.9. The number of benzene rings is 2. The van der Waals surface area contributed by atoms with Gasteiger partial charge in [-0.3, -0.25) is 74.0 Å². The Balaban J connectivity index is 0.954. The standard InChI is InChI=1S/C58H82F2N16O11/c1-42-5-7-44(8-6-42)32-66-69-41-68-65-17-11-45(70-51(77)36-71-21-23-72(37-54(80)81)25-27-74(39-56(84)85)28-26-73(24-22-71)38-55(82)83)33-67-64-18-13-52(78)75-19-14-43(15-20-75)4-3-29-87-47-9-10-50-49(30-47)48(12-16-62-50)57(86)63-35-53(79)76-40-58(59,60)31-46(76)34-61-2/h5-10,12,16-17,30,32-34,43,45-46,64,68-69H,3-4,11,13-15,18-29,31,35-41H2,1-2H3,(H,63,86)(H,70,77)(H,80,81)(H,82,83)(H,84,85)/b61-34+,65-17+,66-32+,67-33-/t45-,46+/m0/s1. The van der Waals surface area contributed by atoms with Crippen molar-refractivity contribution in [3.05, 3.63) is 71.4 Å². The second-order valence-corrected chi connectivity index (χ2v) is 21.7. The van der Waals surface area contributed by atoms with Gasteiger partial charge in [-0.05, 0) is 68.4 Å². The molecule has 87 heavy (non-hydrogen) atoms. The molecule has 2 atom stereocenters. The zero-order valence-corrected chi connectivity index (χ0v) is 49.4. The maximum atomic E-state index is 14.1. The van der Waals surface area contributed by atoms with Crippen molar-refractivity contribution in [3.63, 3.8) is 0 Å². The first-order valence-electron chi connectivity index (χ1n) is 29.2. The second kappa shape index (κ2) is 35.4. The number of aliphatic carboxylic acids is 3. The van der Waals surface area contributed by atoms with Crippen molar-refractivity contribution in [2.75, 3.05) is 132 Å². The van der Waals surface area contributed by atoms with Crippen molar-refractivity contribution in [2.45, 2.75) is 69.9 Å². The van der Waals surface area contributed by atoms with Gasteiger partial charge in [-0.2, -0.15) is 15.3 Å². The van der Waals surface area contributed by atoms with Gasteiger partial charge in [0.2, 0.25) is 17.7 Å². The number of halogens is 2. The van der Waals surface area contributed by atoms with Gasteiger partial charge in [0, 0.05) is 129 Å². The number of carbonyl (C=O) groups excluding carboxylic acids is 4. The summed E-state index contributed by atoms with van der Waals surface area (Å²) in [6, 6.07) is 13.1. The Morgan fingerprint density at radius 3 is 2.01 bits per heavy atom. The van der Waals surface area contributed by atoms with E-state index >= 15 is 0 Å². The van der Waals surface area contributed by atoms with Crippen LogP contribution in [0.2, 0.25) is 0 Å². The molecule has 3 aliphatic heterocycles. The summed E-state index contributed by atoms with van der Waals surface area (Å²) in [7, 11) is 1.45. The molecule has 474 valence electrons. The van der Waals surface area contributed by atoms with E-state index in [1.807, 2.05) is 41.0 Å². The van der Waals surface area contributed by atoms with Crippen LogP contribution in [0.15, 0.2) is 75.0 Å². The van der Waals surface area contributed by atoms with E-state index in [0.717, 1.165) is 41.7 Å². The number of ether oxygens (including phenoxy) is 1. The molecule has 0 spiro atoms. The van der Waals surface area contributed by atoms with Crippen LogP contribution in [0.1, 0.15) is 66.4 Å². The van der Waals surface area contributed by atoms with Gasteiger partial charge in [0.15, 0.2) is 0 Å². The lowest BCUT2D eigenvalue weighted by Gasteiger charge is -2.33. The van der Waals surface area contributed by atoms with E-state index in [-0.39, 0.29) is 122 Å². The number of rotatable bonds is 30. The molecule has 1 aromatic heterocycles. The molecule has 4 amide bonds. The van der Waals surface area contributed by atoms with E-state index in [9.17, 15) is 57.7 Å². The quantitative estimate of drug-likeness (QED) is 0.0200. The van der Waals surface area contributed by atoms with Crippen LogP contribution < -0.4 is 31.6 Å². The number of aryl methyl sites for hydroxylation is 1. The number of carbonyl (C=O) groups is 7. The fraction of sp³-hybridized carbons (Fsp3) is 0.552. The Morgan fingerprint density at radius 1 is 0.770 bits per heavy atom. The molecule has 0 bridgehead atoms. The van der Waals surface area contributed by atoms with Gasteiger partial charge in [0.1, 0.15) is 12.4 Å². The first kappa shape index (κ1) is 67.8. The molecule has 29 heteroatoms. The Morgan fingerprint density at radius 2 is 1.39 bits per heavy atom. The number of pyridine rings is 1. The van der Waals surface area contributed by atoms with E-state index in [2.05, 4.69) is 52.2 Å². The molecule has 0 unspecified atom stereocenters. The molecule has 2 aromatic carbocycles. The number of hydrazone groups is 3. The normalized spacial score (nSPS) is 18.4. The molecule has 0 aliphatic carbocycles. The molecule has 4 heterocycles. The Kier molecular flexibility index (Phi) is 27.6. The number of hydrogen-bond acceptors (Lipinski definition) is 20. The Hall–Kier alpha value is -8.28. The minimum absolute atomic E-state index is 0.0239. The predicted octanol–water partition coefficient (Wildman–Crippen LogP) is 1.08. The minimum Gasteiger partial charge on any atom is -0.494 e. The highest BCUT2D eigenvalue weighted by atomic mass is 19.3. The summed E-state index contributed by atoms with van der Waals surface area (Å²) in [5, 5.41) is 47.6. The summed E-state index contributed by atoms with van der Waals surface area (Å²) in [6.07, 6.45) is 10.7. The molecule has 8 N–H and O–H groups in total. The number of hydrogen-bond donors (Lipinski definition) is 8. The van der Waals surface area contributed by atoms with E-state index in [1.165, 1.54) is 31.7 Å². The van der Waals surface area contributed by atoms with Gasteiger partial charge >= 0.3 is 17.9 Å². The summed E-state index contributed by atoms with van der Waals surface area (Å²) >= 11 is 0. The zero-order valence-electron chi connectivity index (χ0n) is 49.4. The molecular formula is C58H82F2N16O11. The number of nitrogens with zero attached hydrogens (tertiary/aromatic N) is 11. The van der Waals surface area contributed by atoms with Crippen LogP contribution in [-0.4, -0.2) is 266 Å². The number of aromatic nitrogens is 1. The van der Waals surface area contributed by atoms with E-state index in [4.69, 9.17) is 4.74 Å². The lowest BCUT2D eigenvalue weighted by molar-refractivity contribution is -0.140. The van der Waals surface area contributed by atoms with E-state index < -0.39 is 67.2 Å². The summed E-state index contributed by atoms with van der Waals surface area (Å²) < 4.78 is 34.3. The van der Waals surface area contributed by atoms with Gasteiger partial charge in [-0.25, -0.2) is 8.78 Å². The van der Waals surface area contributed by atoms with Crippen LogP contribution in [0.25, 0.3) is 10.9 Å². The maximum Gasteiger partial charge on any atom is 0.317 e. The summed E-state index contributed by atoms with van der Waals surface area (Å²) in [5.41, 5.74) is 11.5. The number of carboxylic acid groups (broad SMARTS) is 3. The minimum atomic E-state index is -3.05. The smallest absolute Gasteiger partial charge is 0.317 e. The first-order valence-corrected chi connectivity index (χ1v) is 29.2. The number of piperidine rings is 1. The summed E-state index contributed by atoms with van der Waals surface area (Å²) in [4.78, 5) is 106. The lowest BCUT2D eigenvalue weighted by atomic mass is 9.92. The number of aliphatic imine (C=N–C) groups is 1. The van der Waals surface area contributed by atoms with Crippen LogP contribution in [0.4, 0.5) is 8.78 Å². The van der Waals surface area contributed by atoms with Crippen LogP contribution in [0, 0.1) is 12.8 Å². The molecule has 3 fully saturated rings. The summed E-state index contributed by atoms with van der Waals surface area (Å²) in [5.74, 6) is -6.91. The molecule has 3 aromatic rings.